The lowest BCUT2D eigenvalue weighted by Crippen LogP contribution is -2.20. The number of anilines is 2. The predicted octanol–water partition coefficient (Wildman–Crippen LogP) is 3.55. The SMILES string of the molecule is CSc1ccc(CN2CCc3cccc(N)c32)cc1. The lowest BCUT2D eigenvalue weighted by Gasteiger charge is -2.21. The van der Waals surface area contributed by atoms with Gasteiger partial charge in [-0.25, -0.2) is 0 Å². The molecule has 3 heteroatoms. The molecule has 0 spiro atoms. The van der Waals surface area contributed by atoms with E-state index < -0.39 is 0 Å². The average Bonchev–Trinajstić information content (AvgIpc) is 2.84. The van der Waals surface area contributed by atoms with Gasteiger partial charge in [0.1, 0.15) is 0 Å². The van der Waals surface area contributed by atoms with Crippen LogP contribution in [0.15, 0.2) is 47.4 Å². The van der Waals surface area contributed by atoms with E-state index in [2.05, 4.69) is 41.5 Å². The molecule has 0 aromatic heterocycles. The van der Waals surface area contributed by atoms with Crippen molar-refractivity contribution in [2.45, 2.75) is 17.9 Å². The predicted molar refractivity (Wildman–Crippen MR) is 83.8 cm³/mol. The fraction of sp³-hybridized carbons (Fsp3) is 0.250. The first-order valence-electron chi connectivity index (χ1n) is 6.53. The molecule has 0 saturated heterocycles. The molecule has 2 aromatic rings. The molecule has 1 heterocycles. The fourth-order valence-electron chi connectivity index (χ4n) is 2.68. The third-order valence-electron chi connectivity index (χ3n) is 3.65. The molecule has 0 atom stereocenters. The van der Waals surface area contributed by atoms with Crippen molar-refractivity contribution in [2.75, 3.05) is 23.4 Å². The molecule has 0 bridgehead atoms. The fourth-order valence-corrected chi connectivity index (χ4v) is 3.08. The van der Waals surface area contributed by atoms with Crippen LogP contribution in [0.5, 0.6) is 0 Å². The van der Waals surface area contributed by atoms with Gasteiger partial charge in [-0.3, -0.25) is 0 Å². The summed E-state index contributed by atoms with van der Waals surface area (Å²) < 4.78 is 0. The number of hydrogen-bond donors (Lipinski definition) is 1. The number of hydrogen-bond acceptors (Lipinski definition) is 3. The summed E-state index contributed by atoms with van der Waals surface area (Å²) in [6, 6.07) is 15.0. The minimum Gasteiger partial charge on any atom is -0.397 e. The van der Waals surface area contributed by atoms with Crippen LogP contribution in [0.25, 0.3) is 0 Å². The largest absolute Gasteiger partial charge is 0.397 e. The van der Waals surface area contributed by atoms with Crippen LogP contribution in [0.3, 0.4) is 0 Å². The molecule has 0 radical (unpaired) electrons. The lowest BCUT2D eigenvalue weighted by molar-refractivity contribution is 0.836. The Labute approximate surface area is 118 Å². The van der Waals surface area contributed by atoms with Gasteiger partial charge in [0, 0.05) is 18.0 Å². The molecule has 1 aliphatic rings. The molecule has 0 amide bonds. The van der Waals surface area contributed by atoms with Crippen LogP contribution in [0.4, 0.5) is 11.4 Å². The Morgan fingerprint density at radius 2 is 1.95 bits per heavy atom. The quantitative estimate of drug-likeness (QED) is 0.683. The molecule has 0 unspecified atom stereocenters. The van der Waals surface area contributed by atoms with Gasteiger partial charge in [0.2, 0.25) is 0 Å². The van der Waals surface area contributed by atoms with E-state index >= 15 is 0 Å². The van der Waals surface area contributed by atoms with Crippen molar-refractivity contribution in [3.8, 4) is 0 Å². The van der Waals surface area contributed by atoms with E-state index in [1.807, 2.05) is 12.1 Å². The number of nitrogens with two attached hydrogens (primary N) is 1. The Balaban J connectivity index is 1.82. The van der Waals surface area contributed by atoms with Crippen molar-refractivity contribution in [2.24, 2.45) is 0 Å². The molecule has 2 aromatic carbocycles. The normalized spacial score (nSPS) is 13.6. The highest BCUT2D eigenvalue weighted by Gasteiger charge is 2.21. The summed E-state index contributed by atoms with van der Waals surface area (Å²) in [6.45, 7) is 2.00. The van der Waals surface area contributed by atoms with Gasteiger partial charge in [0.25, 0.3) is 0 Å². The van der Waals surface area contributed by atoms with Gasteiger partial charge in [-0.2, -0.15) is 0 Å². The Morgan fingerprint density at radius 3 is 2.68 bits per heavy atom. The molecule has 3 rings (SSSR count). The van der Waals surface area contributed by atoms with Crippen molar-refractivity contribution in [3.05, 3.63) is 53.6 Å². The number of fused-ring (bicyclic) bond motifs is 1. The van der Waals surface area contributed by atoms with E-state index in [0.717, 1.165) is 25.2 Å². The number of nitrogen functional groups attached to an aromatic ring is 1. The van der Waals surface area contributed by atoms with Gasteiger partial charge >= 0.3 is 0 Å². The summed E-state index contributed by atoms with van der Waals surface area (Å²) in [5, 5.41) is 0. The number of para-hydroxylation sites is 1. The van der Waals surface area contributed by atoms with Crippen LogP contribution < -0.4 is 10.6 Å². The first-order valence-corrected chi connectivity index (χ1v) is 7.75. The first kappa shape index (κ1) is 12.4. The van der Waals surface area contributed by atoms with Crippen LogP contribution >= 0.6 is 11.8 Å². The second kappa shape index (κ2) is 5.17. The van der Waals surface area contributed by atoms with Gasteiger partial charge in [0.05, 0.1) is 11.4 Å². The van der Waals surface area contributed by atoms with Crippen molar-refractivity contribution in [3.63, 3.8) is 0 Å². The summed E-state index contributed by atoms with van der Waals surface area (Å²) in [6.07, 6.45) is 3.20. The van der Waals surface area contributed by atoms with Crippen LogP contribution in [-0.4, -0.2) is 12.8 Å². The highest BCUT2D eigenvalue weighted by Crippen LogP contribution is 2.34. The summed E-state index contributed by atoms with van der Waals surface area (Å²) >= 11 is 1.78. The summed E-state index contributed by atoms with van der Waals surface area (Å²) in [5.74, 6) is 0. The van der Waals surface area contributed by atoms with Gasteiger partial charge in [-0.1, -0.05) is 24.3 Å². The standard InChI is InChI=1S/C16H18N2S/c1-19-14-7-5-12(6-8-14)11-18-10-9-13-3-2-4-15(17)16(13)18/h2-8H,9-11,17H2,1H3. The second-order valence-corrected chi connectivity index (χ2v) is 5.75. The molecule has 2 nitrogen and oxygen atoms in total. The molecule has 2 N–H and O–H groups in total. The molecular formula is C16H18N2S. The number of rotatable bonds is 3. The van der Waals surface area contributed by atoms with E-state index in [-0.39, 0.29) is 0 Å². The van der Waals surface area contributed by atoms with Gasteiger partial charge in [-0.05, 0) is 42.0 Å². The molecule has 0 aliphatic carbocycles. The maximum atomic E-state index is 6.12. The maximum Gasteiger partial charge on any atom is 0.0636 e. The molecular weight excluding hydrogens is 252 g/mol. The monoisotopic (exact) mass is 270 g/mol. The third kappa shape index (κ3) is 2.43. The Kier molecular flexibility index (Phi) is 3.38. The van der Waals surface area contributed by atoms with Gasteiger partial charge < -0.3 is 10.6 Å². The molecule has 0 saturated carbocycles. The second-order valence-electron chi connectivity index (χ2n) is 4.87. The summed E-state index contributed by atoms with van der Waals surface area (Å²) in [5.41, 5.74) is 11.0. The first-order chi connectivity index (χ1) is 9.28. The molecule has 98 valence electrons. The zero-order chi connectivity index (χ0) is 13.2. The highest BCUT2D eigenvalue weighted by molar-refractivity contribution is 7.98. The van der Waals surface area contributed by atoms with E-state index in [9.17, 15) is 0 Å². The Bertz CT molecular complexity index is 578. The van der Waals surface area contributed by atoms with Crippen LogP contribution in [-0.2, 0) is 13.0 Å². The Morgan fingerprint density at radius 1 is 1.16 bits per heavy atom. The Hall–Kier alpha value is -1.61. The van der Waals surface area contributed by atoms with Gasteiger partial charge in [0.15, 0.2) is 0 Å². The maximum absolute atomic E-state index is 6.12. The van der Waals surface area contributed by atoms with E-state index in [1.54, 1.807) is 11.8 Å². The van der Waals surface area contributed by atoms with Crippen molar-refractivity contribution >= 4 is 23.1 Å². The van der Waals surface area contributed by atoms with Gasteiger partial charge in [-0.15, -0.1) is 11.8 Å². The highest BCUT2D eigenvalue weighted by atomic mass is 32.2. The zero-order valence-electron chi connectivity index (χ0n) is 11.1. The zero-order valence-corrected chi connectivity index (χ0v) is 11.9. The van der Waals surface area contributed by atoms with E-state index in [0.29, 0.717) is 0 Å². The number of thioether (sulfide) groups is 1. The molecule has 0 fully saturated rings. The molecule has 1 aliphatic heterocycles. The molecule has 19 heavy (non-hydrogen) atoms. The van der Waals surface area contributed by atoms with Crippen LogP contribution in [0, 0.1) is 0 Å². The van der Waals surface area contributed by atoms with Crippen molar-refractivity contribution < 1.29 is 0 Å². The van der Waals surface area contributed by atoms with Crippen LogP contribution in [0.2, 0.25) is 0 Å². The third-order valence-corrected chi connectivity index (χ3v) is 4.39. The minimum atomic E-state index is 0.899. The smallest absolute Gasteiger partial charge is 0.0636 e. The topological polar surface area (TPSA) is 29.3 Å². The minimum absolute atomic E-state index is 0.899. The number of nitrogens with zero attached hydrogens (tertiary/aromatic N) is 1. The summed E-state index contributed by atoms with van der Waals surface area (Å²) in [7, 11) is 0. The lowest BCUT2D eigenvalue weighted by atomic mass is 10.1. The average molecular weight is 270 g/mol. The van der Waals surface area contributed by atoms with Crippen molar-refractivity contribution in [1.29, 1.82) is 0 Å². The summed E-state index contributed by atoms with van der Waals surface area (Å²) in [4.78, 5) is 3.70. The van der Waals surface area contributed by atoms with E-state index in [4.69, 9.17) is 5.73 Å². The van der Waals surface area contributed by atoms with Crippen LogP contribution in [0.1, 0.15) is 11.1 Å². The van der Waals surface area contributed by atoms with Crippen molar-refractivity contribution in [1.82, 2.24) is 0 Å². The number of benzene rings is 2. The van der Waals surface area contributed by atoms with E-state index in [1.165, 1.54) is 21.7 Å².